The summed E-state index contributed by atoms with van der Waals surface area (Å²) in [5.74, 6) is 4.00. The average molecular weight is 1130 g/mol. The van der Waals surface area contributed by atoms with Crippen molar-refractivity contribution in [3.05, 3.63) is 282 Å². The molecule has 8 nitrogen and oxygen atoms in total. The van der Waals surface area contributed by atoms with E-state index in [4.69, 9.17) is 24.9 Å². The van der Waals surface area contributed by atoms with Crippen molar-refractivity contribution in [2.75, 3.05) is 0 Å². The van der Waals surface area contributed by atoms with E-state index in [-0.39, 0.29) is 10.8 Å². The molecule has 10 heteroatoms. The SMILES string of the molecule is Brc1cccc(-c2nc(-c3ccccc3)nc(-c3ccccc3)n2)c1.CC1(C)c2ccccc2-c2cc(-c3cccc(-c4nc(-c5ccccc5)nc(-c5ccccc5)n4)c3)ccc21.CC1(C)c2ccccc2-c2cc(B(O)O)ccc21. The summed E-state index contributed by atoms with van der Waals surface area (Å²) in [6.45, 7) is 9.03. The molecule has 0 saturated carbocycles. The van der Waals surface area contributed by atoms with Crippen molar-refractivity contribution < 1.29 is 10.0 Å². The lowest BCUT2D eigenvalue weighted by Crippen LogP contribution is -2.30. The lowest BCUT2D eigenvalue weighted by molar-refractivity contribution is 0.425. The first-order chi connectivity index (χ1) is 39.9. The molecule has 0 saturated heterocycles. The number of fused-ring (bicyclic) bond motifs is 6. The van der Waals surface area contributed by atoms with Crippen LogP contribution in [-0.2, 0) is 10.8 Å². The smallest absolute Gasteiger partial charge is 0.423 e. The maximum absolute atomic E-state index is 9.29. The van der Waals surface area contributed by atoms with E-state index in [0.29, 0.717) is 40.4 Å². The van der Waals surface area contributed by atoms with Crippen LogP contribution in [0.1, 0.15) is 49.9 Å². The molecule has 2 N–H and O–H groups in total. The molecule has 14 rings (SSSR count). The van der Waals surface area contributed by atoms with Crippen molar-refractivity contribution in [1.82, 2.24) is 29.9 Å². The average Bonchev–Trinajstić information content (AvgIpc) is 4.00. The number of benzene rings is 10. The molecule has 0 spiro atoms. The molecular formula is C72H56BBrN6O2. The van der Waals surface area contributed by atoms with Gasteiger partial charge < -0.3 is 10.0 Å². The van der Waals surface area contributed by atoms with Gasteiger partial charge in [0.25, 0.3) is 0 Å². The van der Waals surface area contributed by atoms with Gasteiger partial charge in [-0.15, -0.1) is 0 Å². The van der Waals surface area contributed by atoms with E-state index >= 15 is 0 Å². The molecule has 396 valence electrons. The van der Waals surface area contributed by atoms with Gasteiger partial charge in [0.2, 0.25) is 0 Å². The molecule has 2 aliphatic carbocycles. The zero-order valence-electron chi connectivity index (χ0n) is 45.8. The van der Waals surface area contributed by atoms with Gasteiger partial charge in [-0.3, -0.25) is 0 Å². The lowest BCUT2D eigenvalue weighted by Gasteiger charge is -2.21. The van der Waals surface area contributed by atoms with E-state index in [1.165, 1.54) is 44.5 Å². The van der Waals surface area contributed by atoms with Crippen LogP contribution in [0.5, 0.6) is 0 Å². The molecule has 12 aromatic rings. The van der Waals surface area contributed by atoms with Crippen molar-refractivity contribution >= 4 is 28.5 Å². The number of aromatic nitrogens is 6. The van der Waals surface area contributed by atoms with E-state index < -0.39 is 7.12 Å². The topological polar surface area (TPSA) is 118 Å². The standard InChI is InChI=1S/C36H27N3.C21H14BrN3.C15H15BO2/c1-36(2)31-19-10-9-18-29(31)30-23-27(20-21-32(30)36)26-16-11-17-28(22-26)35-38-33(24-12-5-3-6-13-24)37-34(39-35)25-14-7-4-8-15-25;22-18-13-7-12-17(14-18)21-24-19(15-8-3-1-4-9-15)23-20(25-21)16-10-5-2-6-11-16;1-15(2)13-6-4-3-5-11(13)12-9-10(16(17)18)7-8-14(12)15/h3-23H,1-2H3;1-14H;3-9,17-18H,1-2H3. The molecule has 2 aliphatic rings. The fraction of sp³-hybridized carbons (Fsp3) is 0.0833. The maximum atomic E-state index is 9.29. The molecule has 0 radical (unpaired) electrons. The molecule has 0 aliphatic heterocycles. The Morgan fingerprint density at radius 2 is 0.598 bits per heavy atom. The first kappa shape index (κ1) is 53.3. The van der Waals surface area contributed by atoms with Crippen molar-refractivity contribution in [2.45, 2.75) is 38.5 Å². The summed E-state index contributed by atoms with van der Waals surface area (Å²) in [4.78, 5) is 28.8. The molecule has 2 aromatic heterocycles. The highest BCUT2D eigenvalue weighted by Crippen LogP contribution is 2.50. The van der Waals surface area contributed by atoms with Gasteiger partial charge in [-0.2, -0.15) is 0 Å². The van der Waals surface area contributed by atoms with Crippen LogP contribution in [0.3, 0.4) is 0 Å². The number of hydrogen-bond donors (Lipinski definition) is 2. The number of hydrogen-bond acceptors (Lipinski definition) is 8. The van der Waals surface area contributed by atoms with Gasteiger partial charge in [0.15, 0.2) is 34.9 Å². The molecule has 0 fully saturated rings. The van der Waals surface area contributed by atoms with Crippen LogP contribution in [0.25, 0.3) is 102 Å². The Hall–Kier alpha value is -9.32. The normalized spacial score (nSPS) is 12.8. The third-order valence-electron chi connectivity index (χ3n) is 15.4. The van der Waals surface area contributed by atoms with E-state index in [1.54, 1.807) is 6.07 Å². The van der Waals surface area contributed by atoms with Crippen molar-refractivity contribution in [3.8, 4) is 102 Å². The van der Waals surface area contributed by atoms with Crippen molar-refractivity contribution in [1.29, 1.82) is 0 Å². The summed E-state index contributed by atoms with van der Waals surface area (Å²) in [6.07, 6.45) is 0. The second kappa shape index (κ2) is 22.7. The van der Waals surface area contributed by atoms with E-state index in [0.717, 1.165) is 49.0 Å². The molecule has 0 unspecified atom stereocenters. The summed E-state index contributed by atoms with van der Waals surface area (Å²) in [5, 5.41) is 18.6. The summed E-state index contributed by atoms with van der Waals surface area (Å²) in [5.41, 5.74) is 18.9. The summed E-state index contributed by atoms with van der Waals surface area (Å²) in [7, 11) is -1.41. The minimum atomic E-state index is -1.41. The van der Waals surface area contributed by atoms with Gasteiger partial charge >= 0.3 is 7.12 Å². The number of rotatable bonds is 8. The van der Waals surface area contributed by atoms with E-state index in [1.807, 2.05) is 170 Å². The van der Waals surface area contributed by atoms with Crippen molar-refractivity contribution in [3.63, 3.8) is 0 Å². The molecule has 2 heterocycles. The van der Waals surface area contributed by atoms with Gasteiger partial charge in [-0.1, -0.05) is 274 Å². The van der Waals surface area contributed by atoms with Crippen LogP contribution >= 0.6 is 15.9 Å². The van der Waals surface area contributed by atoms with Gasteiger partial charge in [-0.05, 0) is 85.4 Å². The Bertz CT molecular complexity index is 4160. The largest absolute Gasteiger partial charge is 0.488 e. The first-order valence-electron chi connectivity index (χ1n) is 27.3. The van der Waals surface area contributed by atoms with Gasteiger partial charge in [0.1, 0.15) is 0 Å². The summed E-state index contributed by atoms with van der Waals surface area (Å²) in [6, 6.07) is 86.2. The fourth-order valence-corrected chi connectivity index (χ4v) is 11.5. The fourth-order valence-electron chi connectivity index (χ4n) is 11.1. The highest BCUT2D eigenvalue weighted by molar-refractivity contribution is 9.10. The Labute approximate surface area is 487 Å². The third-order valence-corrected chi connectivity index (χ3v) is 15.9. The molecule has 0 atom stereocenters. The molecule has 10 aromatic carbocycles. The van der Waals surface area contributed by atoms with Crippen LogP contribution in [0.15, 0.2) is 259 Å². The van der Waals surface area contributed by atoms with Gasteiger partial charge in [0, 0.05) is 48.7 Å². The van der Waals surface area contributed by atoms with Crippen LogP contribution < -0.4 is 5.46 Å². The second-order valence-corrected chi connectivity index (χ2v) is 22.4. The zero-order valence-corrected chi connectivity index (χ0v) is 47.4. The Balaban J connectivity index is 0.000000132. The molecule has 0 amide bonds. The highest BCUT2D eigenvalue weighted by atomic mass is 79.9. The Morgan fingerprint density at radius 1 is 0.280 bits per heavy atom. The zero-order chi connectivity index (χ0) is 56.4. The Kier molecular flexibility index (Phi) is 14.7. The minimum absolute atomic E-state index is 0.00113. The summed E-state index contributed by atoms with van der Waals surface area (Å²) < 4.78 is 0.993. The van der Waals surface area contributed by atoms with Crippen LogP contribution in [0.4, 0.5) is 0 Å². The quantitative estimate of drug-likeness (QED) is 0.145. The van der Waals surface area contributed by atoms with Crippen LogP contribution in [0.2, 0.25) is 0 Å². The second-order valence-electron chi connectivity index (χ2n) is 21.4. The van der Waals surface area contributed by atoms with Crippen LogP contribution in [0, 0.1) is 0 Å². The van der Waals surface area contributed by atoms with Crippen LogP contribution in [-0.4, -0.2) is 47.1 Å². The third kappa shape index (κ3) is 10.8. The summed E-state index contributed by atoms with van der Waals surface area (Å²) >= 11 is 3.52. The van der Waals surface area contributed by atoms with E-state index in [9.17, 15) is 10.0 Å². The van der Waals surface area contributed by atoms with Crippen molar-refractivity contribution in [2.24, 2.45) is 0 Å². The monoisotopic (exact) mass is 1130 g/mol. The minimum Gasteiger partial charge on any atom is -0.423 e. The number of nitrogens with zero attached hydrogens (tertiary/aromatic N) is 6. The Morgan fingerprint density at radius 3 is 1.02 bits per heavy atom. The predicted octanol–water partition coefficient (Wildman–Crippen LogP) is 16.2. The lowest BCUT2D eigenvalue weighted by atomic mass is 9.77. The molecule has 82 heavy (non-hydrogen) atoms. The molecule has 0 bridgehead atoms. The van der Waals surface area contributed by atoms with Gasteiger partial charge in [-0.25, -0.2) is 29.9 Å². The van der Waals surface area contributed by atoms with E-state index in [2.05, 4.69) is 127 Å². The molecular weight excluding hydrogens is 1070 g/mol. The maximum Gasteiger partial charge on any atom is 0.488 e. The predicted molar refractivity (Wildman–Crippen MR) is 337 cm³/mol. The number of halogens is 1. The first-order valence-corrected chi connectivity index (χ1v) is 28.1. The van der Waals surface area contributed by atoms with Gasteiger partial charge in [0.05, 0.1) is 0 Å². The highest BCUT2D eigenvalue weighted by Gasteiger charge is 2.36.